The van der Waals surface area contributed by atoms with Crippen molar-refractivity contribution in [1.29, 1.82) is 0 Å². The normalized spacial score (nSPS) is 10.3. The molecule has 0 aliphatic carbocycles. The second kappa shape index (κ2) is 5.17. The van der Waals surface area contributed by atoms with E-state index in [0.717, 1.165) is 11.3 Å². The number of nitrogens with zero attached hydrogens (tertiary/aromatic N) is 1. The van der Waals surface area contributed by atoms with Gasteiger partial charge in [0.1, 0.15) is 10.9 Å². The average molecular weight is 249 g/mol. The van der Waals surface area contributed by atoms with Gasteiger partial charge in [0.15, 0.2) is 0 Å². The standard InChI is InChI=1S/C13H13ClN2O/c1-9-2-4-11(5-3-9)17-13-7-10(8-15)6-12(14)16-13/h2-7H,8,15H2,1H3. The van der Waals surface area contributed by atoms with E-state index in [0.29, 0.717) is 17.6 Å². The van der Waals surface area contributed by atoms with Crippen LogP contribution in [0, 0.1) is 6.92 Å². The second-order valence-electron chi connectivity index (χ2n) is 3.76. The van der Waals surface area contributed by atoms with Crippen LogP contribution in [-0.4, -0.2) is 4.98 Å². The summed E-state index contributed by atoms with van der Waals surface area (Å²) in [4.78, 5) is 4.09. The molecular weight excluding hydrogens is 236 g/mol. The number of benzene rings is 1. The first-order valence-corrected chi connectivity index (χ1v) is 5.66. The van der Waals surface area contributed by atoms with Crippen LogP contribution in [0.3, 0.4) is 0 Å². The largest absolute Gasteiger partial charge is 0.439 e. The van der Waals surface area contributed by atoms with Gasteiger partial charge in [0, 0.05) is 12.6 Å². The van der Waals surface area contributed by atoms with E-state index in [9.17, 15) is 0 Å². The Balaban J connectivity index is 2.23. The molecule has 0 saturated heterocycles. The van der Waals surface area contributed by atoms with E-state index in [1.807, 2.05) is 31.2 Å². The quantitative estimate of drug-likeness (QED) is 0.848. The highest BCUT2D eigenvalue weighted by Crippen LogP contribution is 2.22. The molecule has 0 aliphatic rings. The van der Waals surface area contributed by atoms with Crippen LogP contribution in [0.4, 0.5) is 0 Å². The Morgan fingerprint density at radius 2 is 1.94 bits per heavy atom. The summed E-state index contributed by atoms with van der Waals surface area (Å²) >= 11 is 5.87. The van der Waals surface area contributed by atoms with E-state index in [4.69, 9.17) is 22.1 Å². The van der Waals surface area contributed by atoms with Gasteiger partial charge in [-0.25, -0.2) is 4.98 Å². The van der Waals surface area contributed by atoms with Crippen molar-refractivity contribution in [3.8, 4) is 11.6 Å². The van der Waals surface area contributed by atoms with E-state index < -0.39 is 0 Å². The summed E-state index contributed by atoms with van der Waals surface area (Å²) in [5.41, 5.74) is 7.63. The highest BCUT2D eigenvalue weighted by Gasteiger charge is 2.02. The Morgan fingerprint density at radius 1 is 1.24 bits per heavy atom. The zero-order chi connectivity index (χ0) is 12.3. The molecule has 3 nitrogen and oxygen atoms in total. The third-order valence-corrected chi connectivity index (χ3v) is 2.50. The van der Waals surface area contributed by atoms with Gasteiger partial charge in [-0.15, -0.1) is 0 Å². The van der Waals surface area contributed by atoms with Gasteiger partial charge < -0.3 is 10.5 Å². The predicted octanol–water partition coefficient (Wildman–Crippen LogP) is 3.29. The maximum atomic E-state index is 5.87. The third kappa shape index (κ3) is 3.19. The molecule has 0 atom stereocenters. The van der Waals surface area contributed by atoms with Crippen molar-refractivity contribution in [3.63, 3.8) is 0 Å². The molecule has 0 radical (unpaired) electrons. The Bertz CT molecular complexity index is 511. The highest BCUT2D eigenvalue weighted by atomic mass is 35.5. The SMILES string of the molecule is Cc1ccc(Oc2cc(CN)cc(Cl)n2)cc1. The summed E-state index contributed by atoms with van der Waals surface area (Å²) in [7, 11) is 0. The number of pyridine rings is 1. The number of hydrogen-bond donors (Lipinski definition) is 1. The lowest BCUT2D eigenvalue weighted by Crippen LogP contribution is -1.98. The minimum atomic E-state index is 0.384. The van der Waals surface area contributed by atoms with Crippen LogP contribution in [0.1, 0.15) is 11.1 Å². The van der Waals surface area contributed by atoms with E-state index in [-0.39, 0.29) is 0 Å². The molecule has 0 aliphatic heterocycles. The first-order valence-electron chi connectivity index (χ1n) is 5.28. The Hall–Kier alpha value is -1.58. The van der Waals surface area contributed by atoms with Crippen molar-refractivity contribution in [3.05, 3.63) is 52.7 Å². The third-order valence-electron chi connectivity index (χ3n) is 2.31. The molecule has 1 aromatic heterocycles. The van der Waals surface area contributed by atoms with Crippen molar-refractivity contribution in [1.82, 2.24) is 4.98 Å². The number of rotatable bonds is 3. The molecule has 0 spiro atoms. The maximum absolute atomic E-state index is 5.87. The van der Waals surface area contributed by atoms with Crippen LogP contribution in [0.2, 0.25) is 5.15 Å². The van der Waals surface area contributed by atoms with Gasteiger partial charge in [-0.1, -0.05) is 29.3 Å². The van der Waals surface area contributed by atoms with Crippen molar-refractivity contribution >= 4 is 11.6 Å². The predicted molar refractivity (Wildman–Crippen MR) is 68.4 cm³/mol. The van der Waals surface area contributed by atoms with Crippen LogP contribution in [0.15, 0.2) is 36.4 Å². The summed E-state index contributed by atoms with van der Waals surface area (Å²) in [6.07, 6.45) is 0. The maximum Gasteiger partial charge on any atom is 0.220 e. The minimum absolute atomic E-state index is 0.384. The second-order valence-corrected chi connectivity index (χ2v) is 4.14. The summed E-state index contributed by atoms with van der Waals surface area (Å²) in [6, 6.07) is 11.2. The molecule has 4 heteroatoms. The average Bonchev–Trinajstić information content (AvgIpc) is 2.31. The molecule has 2 N–H and O–H groups in total. The van der Waals surface area contributed by atoms with E-state index in [1.54, 1.807) is 12.1 Å². The lowest BCUT2D eigenvalue weighted by atomic mass is 10.2. The fraction of sp³-hybridized carbons (Fsp3) is 0.154. The minimum Gasteiger partial charge on any atom is -0.439 e. The zero-order valence-corrected chi connectivity index (χ0v) is 10.2. The van der Waals surface area contributed by atoms with E-state index in [2.05, 4.69) is 4.98 Å². The van der Waals surface area contributed by atoms with Crippen molar-refractivity contribution in [2.45, 2.75) is 13.5 Å². The summed E-state index contributed by atoms with van der Waals surface area (Å²) < 4.78 is 5.61. The molecule has 2 rings (SSSR count). The molecule has 0 amide bonds. The molecule has 1 heterocycles. The summed E-state index contributed by atoms with van der Waals surface area (Å²) in [5.74, 6) is 1.19. The van der Waals surface area contributed by atoms with E-state index in [1.165, 1.54) is 5.56 Å². The van der Waals surface area contributed by atoms with Crippen molar-refractivity contribution in [2.75, 3.05) is 0 Å². The molecule has 17 heavy (non-hydrogen) atoms. The molecule has 0 bridgehead atoms. The van der Waals surface area contributed by atoms with Crippen LogP contribution in [0.25, 0.3) is 0 Å². The lowest BCUT2D eigenvalue weighted by Gasteiger charge is -2.07. The number of hydrogen-bond acceptors (Lipinski definition) is 3. The first-order chi connectivity index (χ1) is 8.17. The van der Waals surface area contributed by atoms with Crippen LogP contribution < -0.4 is 10.5 Å². The fourth-order valence-electron chi connectivity index (χ4n) is 1.42. The number of nitrogens with two attached hydrogens (primary N) is 1. The lowest BCUT2D eigenvalue weighted by molar-refractivity contribution is 0.462. The van der Waals surface area contributed by atoms with Crippen LogP contribution in [-0.2, 0) is 6.54 Å². The van der Waals surface area contributed by atoms with Gasteiger partial charge in [0.2, 0.25) is 5.88 Å². The number of halogens is 1. The molecular formula is C13H13ClN2O. The van der Waals surface area contributed by atoms with Crippen molar-refractivity contribution in [2.24, 2.45) is 5.73 Å². The monoisotopic (exact) mass is 248 g/mol. The number of ether oxygens (including phenoxy) is 1. The summed E-state index contributed by atoms with van der Waals surface area (Å²) in [5, 5.41) is 0.384. The van der Waals surface area contributed by atoms with Gasteiger partial charge in [0.05, 0.1) is 0 Å². The van der Waals surface area contributed by atoms with Gasteiger partial charge in [0.25, 0.3) is 0 Å². The van der Waals surface area contributed by atoms with Gasteiger partial charge in [-0.05, 0) is 30.7 Å². The Kier molecular flexibility index (Phi) is 3.61. The molecule has 1 aromatic carbocycles. The van der Waals surface area contributed by atoms with Gasteiger partial charge in [-0.3, -0.25) is 0 Å². The van der Waals surface area contributed by atoms with Gasteiger partial charge >= 0.3 is 0 Å². The zero-order valence-electron chi connectivity index (χ0n) is 9.48. The van der Waals surface area contributed by atoms with Crippen LogP contribution in [0.5, 0.6) is 11.6 Å². The van der Waals surface area contributed by atoms with E-state index >= 15 is 0 Å². The van der Waals surface area contributed by atoms with Crippen molar-refractivity contribution < 1.29 is 4.74 Å². The topological polar surface area (TPSA) is 48.1 Å². The smallest absolute Gasteiger partial charge is 0.220 e. The van der Waals surface area contributed by atoms with Crippen LogP contribution >= 0.6 is 11.6 Å². The number of aryl methyl sites for hydroxylation is 1. The molecule has 0 fully saturated rings. The Labute approximate surface area is 105 Å². The van der Waals surface area contributed by atoms with Gasteiger partial charge in [-0.2, -0.15) is 0 Å². The number of aromatic nitrogens is 1. The molecule has 0 saturated carbocycles. The summed E-state index contributed by atoms with van der Waals surface area (Å²) in [6.45, 7) is 2.43. The molecule has 88 valence electrons. The fourth-order valence-corrected chi connectivity index (χ4v) is 1.64. The molecule has 0 unspecified atom stereocenters. The molecule has 2 aromatic rings. The Morgan fingerprint density at radius 3 is 2.59 bits per heavy atom. The highest BCUT2D eigenvalue weighted by molar-refractivity contribution is 6.29. The first kappa shape index (κ1) is 11.9.